The summed E-state index contributed by atoms with van der Waals surface area (Å²) in [5.41, 5.74) is 7.10. The first-order valence-corrected chi connectivity index (χ1v) is 5.88. The maximum Gasteiger partial charge on any atom is 0.255 e. The Bertz CT molecular complexity index is 444. The standard InChI is InChI=1S/C13H18F2N2O2.ClH/c1-9-3-4-10(16)7-11(9)13(18)17(5-6-19-2)8-12(14)15;/h3-4,7,12H,5-6,8,16H2,1-2H3;1H. The van der Waals surface area contributed by atoms with E-state index in [1.165, 1.54) is 13.2 Å². The molecule has 0 spiro atoms. The van der Waals surface area contributed by atoms with Crippen molar-refractivity contribution in [2.24, 2.45) is 0 Å². The molecule has 0 unspecified atom stereocenters. The van der Waals surface area contributed by atoms with Crippen LogP contribution in [0.15, 0.2) is 18.2 Å². The monoisotopic (exact) mass is 308 g/mol. The van der Waals surface area contributed by atoms with Crippen molar-refractivity contribution in [1.29, 1.82) is 0 Å². The number of nitrogen functional groups attached to an aromatic ring is 1. The van der Waals surface area contributed by atoms with E-state index in [1.54, 1.807) is 19.1 Å². The van der Waals surface area contributed by atoms with Crippen molar-refractivity contribution in [3.63, 3.8) is 0 Å². The van der Waals surface area contributed by atoms with Crippen molar-refractivity contribution in [2.45, 2.75) is 13.3 Å². The molecular weight excluding hydrogens is 290 g/mol. The van der Waals surface area contributed by atoms with Crippen molar-refractivity contribution in [3.05, 3.63) is 29.3 Å². The van der Waals surface area contributed by atoms with Crippen LogP contribution >= 0.6 is 12.4 Å². The van der Waals surface area contributed by atoms with Crippen LogP contribution in [0.25, 0.3) is 0 Å². The lowest BCUT2D eigenvalue weighted by Crippen LogP contribution is -2.37. The highest BCUT2D eigenvalue weighted by Crippen LogP contribution is 2.15. The normalized spacial score (nSPS) is 10.2. The fourth-order valence-electron chi connectivity index (χ4n) is 1.68. The van der Waals surface area contributed by atoms with Crippen LogP contribution < -0.4 is 5.73 Å². The quantitative estimate of drug-likeness (QED) is 0.821. The molecular formula is C13H19ClF2N2O2. The van der Waals surface area contributed by atoms with Gasteiger partial charge in [-0.1, -0.05) is 6.07 Å². The molecule has 0 fully saturated rings. The molecule has 0 radical (unpaired) electrons. The van der Waals surface area contributed by atoms with Crippen LogP contribution in [0.2, 0.25) is 0 Å². The van der Waals surface area contributed by atoms with Crippen molar-refractivity contribution >= 4 is 24.0 Å². The SMILES string of the molecule is COCCN(CC(F)F)C(=O)c1cc(N)ccc1C.Cl. The van der Waals surface area contributed by atoms with E-state index >= 15 is 0 Å². The van der Waals surface area contributed by atoms with Gasteiger partial charge in [0.2, 0.25) is 0 Å². The number of halogens is 3. The molecule has 114 valence electrons. The Morgan fingerprint density at radius 2 is 2.10 bits per heavy atom. The van der Waals surface area contributed by atoms with Gasteiger partial charge in [0.05, 0.1) is 13.2 Å². The Balaban J connectivity index is 0.00000361. The van der Waals surface area contributed by atoms with Crippen LogP contribution in [-0.2, 0) is 4.74 Å². The van der Waals surface area contributed by atoms with Crippen molar-refractivity contribution in [3.8, 4) is 0 Å². The molecule has 0 bridgehead atoms. The second-order valence-electron chi connectivity index (χ2n) is 4.21. The summed E-state index contributed by atoms with van der Waals surface area (Å²) in [5.74, 6) is -0.456. The number of hydrogen-bond acceptors (Lipinski definition) is 3. The number of rotatable bonds is 6. The van der Waals surface area contributed by atoms with Crippen molar-refractivity contribution in [2.75, 3.05) is 32.5 Å². The maximum absolute atomic E-state index is 12.5. The molecule has 2 N–H and O–H groups in total. The number of ether oxygens (including phenoxy) is 1. The molecule has 20 heavy (non-hydrogen) atoms. The zero-order valence-electron chi connectivity index (χ0n) is 11.4. The second kappa shape index (κ2) is 8.71. The number of aryl methyl sites for hydroxylation is 1. The van der Waals surface area contributed by atoms with Gasteiger partial charge in [0.1, 0.15) is 0 Å². The number of alkyl halides is 2. The summed E-state index contributed by atoms with van der Waals surface area (Å²) in [5, 5.41) is 0. The summed E-state index contributed by atoms with van der Waals surface area (Å²) in [4.78, 5) is 13.3. The molecule has 0 heterocycles. The molecule has 0 saturated heterocycles. The van der Waals surface area contributed by atoms with E-state index in [1.807, 2.05) is 0 Å². The molecule has 0 aliphatic rings. The molecule has 0 aliphatic carbocycles. The molecule has 4 nitrogen and oxygen atoms in total. The van der Waals surface area contributed by atoms with E-state index in [-0.39, 0.29) is 25.6 Å². The van der Waals surface area contributed by atoms with Crippen molar-refractivity contribution < 1.29 is 18.3 Å². The Labute approximate surface area is 123 Å². The summed E-state index contributed by atoms with van der Waals surface area (Å²) in [6.45, 7) is 1.45. The van der Waals surface area contributed by atoms with Gasteiger partial charge in [-0.05, 0) is 24.6 Å². The highest BCUT2D eigenvalue weighted by Gasteiger charge is 2.21. The third-order valence-corrected chi connectivity index (χ3v) is 2.70. The number of amides is 1. The molecule has 1 rings (SSSR count). The first kappa shape index (κ1) is 18.6. The summed E-state index contributed by atoms with van der Waals surface area (Å²) in [6, 6.07) is 4.86. The summed E-state index contributed by atoms with van der Waals surface area (Å²) >= 11 is 0. The van der Waals surface area contributed by atoms with Gasteiger partial charge in [0.25, 0.3) is 12.3 Å². The van der Waals surface area contributed by atoms with Crippen LogP contribution in [0, 0.1) is 6.92 Å². The number of benzene rings is 1. The predicted molar refractivity (Wildman–Crippen MR) is 76.6 cm³/mol. The lowest BCUT2D eigenvalue weighted by atomic mass is 10.1. The highest BCUT2D eigenvalue weighted by atomic mass is 35.5. The van der Waals surface area contributed by atoms with Crippen LogP contribution in [0.1, 0.15) is 15.9 Å². The van der Waals surface area contributed by atoms with Gasteiger partial charge in [-0.15, -0.1) is 12.4 Å². The molecule has 0 saturated carbocycles. The zero-order valence-corrected chi connectivity index (χ0v) is 12.3. The first-order chi connectivity index (χ1) is 8.95. The molecule has 1 amide bonds. The Kier molecular flexibility index (Phi) is 8.10. The number of anilines is 1. The van der Waals surface area contributed by atoms with Gasteiger partial charge < -0.3 is 15.4 Å². The van der Waals surface area contributed by atoms with Gasteiger partial charge in [-0.2, -0.15) is 0 Å². The molecule has 0 aromatic heterocycles. The van der Waals surface area contributed by atoms with Crippen LogP contribution in [0.4, 0.5) is 14.5 Å². The fourth-order valence-corrected chi connectivity index (χ4v) is 1.68. The average Bonchev–Trinajstić information content (AvgIpc) is 2.36. The zero-order chi connectivity index (χ0) is 14.4. The number of carbonyl (C=O) groups excluding carboxylic acids is 1. The van der Waals surface area contributed by atoms with Crippen LogP contribution in [-0.4, -0.2) is 44.0 Å². The van der Waals surface area contributed by atoms with Gasteiger partial charge in [0, 0.05) is 24.9 Å². The third-order valence-electron chi connectivity index (χ3n) is 2.70. The van der Waals surface area contributed by atoms with Gasteiger partial charge in [-0.3, -0.25) is 4.79 Å². The summed E-state index contributed by atoms with van der Waals surface area (Å²) < 4.78 is 29.8. The van der Waals surface area contributed by atoms with Crippen LogP contribution in [0.3, 0.4) is 0 Å². The van der Waals surface area contributed by atoms with E-state index < -0.39 is 18.9 Å². The molecule has 7 heteroatoms. The van der Waals surface area contributed by atoms with E-state index in [9.17, 15) is 13.6 Å². The lowest BCUT2D eigenvalue weighted by molar-refractivity contribution is 0.0477. The Morgan fingerprint density at radius 1 is 1.45 bits per heavy atom. The number of methoxy groups -OCH3 is 1. The minimum absolute atomic E-state index is 0. The minimum atomic E-state index is -2.58. The highest BCUT2D eigenvalue weighted by molar-refractivity contribution is 5.96. The van der Waals surface area contributed by atoms with Gasteiger partial charge in [0.15, 0.2) is 0 Å². The third kappa shape index (κ3) is 5.30. The summed E-state index contributed by atoms with van der Waals surface area (Å²) in [6.07, 6.45) is -2.58. The lowest BCUT2D eigenvalue weighted by Gasteiger charge is -2.23. The minimum Gasteiger partial charge on any atom is -0.399 e. The molecule has 1 aromatic rings. The van der Waals surface area contributed by atoms with Crippen molar-refractivity contribution in [1.82, 2.24) is 4.90 Å². The summed E-state index contributed by atoms with van der Waals surface area (Å²) in [7, 11) is 1.46. The Morgan fingerprint density at radius 3 is 2.65 bits per heavy atom. The molecule has 1 aromatic carbocycles. The van der Waals surface area contributed by atoms with E-state index in [0.29, 0.717) is 16.8 Å². The molecule has 0 atom stereocenters. The largest absolute Gasteiger partial charge is 0.399 e. The van der Waals surface area contributed by atoms with E-state index in [4.69, 9.17) is 10.5 Å². The topological polar surface area (TPSA) is 55.6 Å². The van der Waals surface area contributed by atoms with Gasteiger partial charge in [-0.25, -0.2) is 8.78 Å². The average molecular weight is 309 g/mol. The number of nitrogens with zero attached hydrogens (tertiary/aromatic N) is 1. The van der Waals surface area contributed by atoms with Crippen LogP contribution in [0.5, 0.6) is 0 Å². The number of carbonyl (C=O) groups is 1. The fraction of sp³-hybridized carbons (Fsp3) is 0.462. The van der Waals surface area contributed by atoms with Gasteiger partial charge >= 0.3 is 0 Å². The van der Waals surface area contributed by atoms with E-state index in [2.05, 4.69) is 0 Å². The first-order valence-electron chi connectivity index (χ1n) is 5.88. The second-order valence-corrected chi connectivity index (χ2v) is 4.21. The smallest absolute Gasteiger partial charge is 0.255 e. The van der Waals surface area contributed by atoms with E-state index in [0.717, 1.165) is 4.90 Å². The number of nitrogens with two attached hydrogens (primary N) is 1. The predicted octanol–water partition coefficient (Wildman–Crippen LogP) is 2.35. The Hall–Kier alpha value is -1.40. The molecule has 0 aliphatic heterocycles. The maximum atomic E-state index is 12.5. The number of hydrogen-bond donors (Lipinski definition) is 1.